The van der Waals surface area contributed by atoms with Crippen LogP contribution >= 0.6 is 0 Å². The van der Waals surface area contributed by atoms with E-state index in [1.807, 2.05) is 24.3 Å². The minimum absolute atomic E-state index is 0.0170. The van der Waals surface area contributed by atoms with Gasteiger partial charge in [-0.3, -0.25) is 9.69 Å². The van der Waals surface area contributed by atoms with Crippen molar-refractivity contribution in [3.05, 3.63) is 63.6 Å². The van der Waals surface area contributed by atoms with Crippen molar-refractivity contribution in [3.63, 3.8) is 0 Å². The minimum Gasteiger partial charge on any atom is -0.371 e. The molecule has 1 saturated heterocycles. The van der Waals surface area contributed by atoms with E-state index in [0.717, 1.165) is 37.2 Å². The predicted octanol–water partition coefficient (Wildman–Crippen LogP) is 2.54. The Morgan fingerprint density at radius 1 is 1.12 bits per heavy atom. The van der Waals surface area contributed by atoms with Gasteiger partial charge in [0.2, 0.25) is 0 Å². The molecule has 0 radical (unpaired) electrons. The average Bonchev–Trinajstić information content (AvgIpc) is 2.88. The van der Waals surface area contributed by atoms with E-state index in [9.17, 15) is 4.79 Å². The van der Waals surface area contributed by atoms with Crippen LogP contribution < -0.4 is 5.56 Å². The molecule has 5 heteroatoms. The summed E-state index contributed by atoms with van der Waals surface area (Å²) >= 11 is 0. The summed E-state index contributed by atoms with van der Waals surface area (Å²) in [4.78, 5) is 14.7. The molecule has 2 aromatic rings. The number of aryl methyl sites for hydroxylation is 2. The zero-order valence-corrected chi connectivity index (χ0v) is 14.6. The normalized spacial score (nSPS) is 21.5. The Balaban J connectivity index is 1.50. The highest BCUT2D eigenvalue weighted by atomic mass is 16.5. The summed E-state index contributed by atoms with van der Waals surface area (Å²) < 4.78 is 7.56. The van der Waals surface area contributed by atoms with E-state index in [2.05, 4.69) is 22.1 Å². The molecule has 5 nitrogen and oxygen atoms in total. The topological polar surface area (TPSA) is 47.4 Å². The average molecular weight is 339 g/mol. The van der Waals surface area contributed by atoms with Crippen LogP contribution in [0.25, 0.3) is 0 Å². The van der Waals surface area contributed by atoms with Gasteiger partial charge < -0.3 is 4.74 Å². The van der Waals surface area contributed by atoms with Crippen LogP contribution in [0.5, 0.6) is 0 Å². The molecule has 1 aromatic carbocycles. The van der Waals surface area contributed by atoms with E-state index in [-0.39, 0.29) is 11.7 Å². The fourth-order valence-corrected chi connectivity index (χ4v) is 3.77. The number of aromatic nitrogens is 2. The molecule has 1 atom stereocenters. The lowest BCUT2D eigenvalue weighted by Gasteiger charge is -2.33. The first-order chi connectivity index (χ1) is 12.3. The van der Waals surface area contributed by atoms with Crippen LogP contribution in [0.15, 0.2) is 41.2 Å². The monoisotopic (exact) mass is 339 g/mol. The summed E-state index contributed by atoms with van der Waals surface area (Å²) in [5.41, 5.74) is 3.48. The Morgan fingerprint density at radius 3 is 2.84 bits per heavy atom. The van der Waals surface area contributed by atoms with Crippen LogP contribution in [0.4, 0.5) is 0 Å². The first-order valence-corrected chi connectivity index (χ1v) is 9.28. The maximum absolute atomic E-state index is 12.5. The molecule has 2 aliphatic rings. The van der Waals surface area contributed by atoms with Crippen LogP contribution in [0, 0.1) is 0 Å². The van der Waals surface area contributed by atoms with Crippen molar-refractivity contribution in [1.82, 2.24) is 14.7 Å². The Bertz CT molecular complexity index is 772. The SMILES string of the molecule is O=c1cc2c(nn1CN1CCO[C@H](c3ccccc3)C1)CCCCC2. The molecule has 132 valence electrons. The first kappa shape index (κ1) is 16.5. The van der Waals surface area contributed by atoms with Gasteiger partial charge in [-0.1, -0.05) is 36.8 Å². The Hall–Kier alpha value is -1.98. The number of hydrogen-bond donors (Lipinski definition) is 0. The molecule has 0 unspecified atom stereocenters. The van der Waals surface area contributed by atoms with Gasteiger partial charge in [-0.05, 0) is 36.8 Å². The van der Waals surface area contributed by atoms with Gasteiger partial charge in [-0.25, -0.2) is 4.68 Å². The van der Waals surface area contributed by atoms with Gasteiger partial charge in [0, 0.05) is 19.2 Å². The molecule has 0 spiro atoms. The third-order valence-electron chi connectivity index (χ3n) is 5.18. The molecule has 1 aliphatic carbocycles. The highest BCUT2D eigenvalue weighted by Crippen LogP contribution is 2.22. The Morgan fingerprint density at radius 2 is 1.96 bits per heavy atom. The second-order valence-electron chi connectivity index (χ2n) is 7.00. The summed E-state index contributed by atoms with van der Waals surface area (Å²) in [5, 5.41) is 4.69. The summed E-state index contributed by atoms with van der Waals surface area (Å²) in [5.74, 6) is 0. The van der Waals surface area contributed by atoms with E-state index < -0.39 is 0 Å². The zero-order valence-electron chi connectivity index (χ0n) is 14.6. The third kappa shape index (κ3) is 3.83. The smallest absolute Gasteiger partial charge is 0.268 e. The number of morpholine rings is 1. The predicted molar refractivity (Wildman–Crippen MR) is 96.5 cm³/mol. The van der Waals surface area contributed by atoms with Gasteiger partial charge in [0.1, 0.15) is 0 Å². The maximum Gasteiger partial charge on any atom is 0.268 e. The van der Waals surface area contributed by atoms with Gasteiger partial charge >= 0.3 is 0 Å². The van der Waals surface area contributed by atoms with Gasteiger partial charge in [0.15, 0.2) is 0 Å². The molecule has 1 fully saturated rings. The number of hydrogen-bond acceptors (Lipinski definition) is 4. The fraction of sp³-hybridized carbons (Fsp3) is 0.500. The molecule has 0 amide bonds. The number of ether oxygens (including phenoxy) is 1. The second kappa shape index (κ2) is 7.50. The minimum atomic E-state index is 0.0170. The third-order valence-corrected chi connectivity index (χ3v) is 5.18. The van der Waals surface area contributed by atoms with Crippen molar-refractivity contribution in [2.75, 3.05) is 19.7 Å². The summed E-state index contributed by atoms with van der Waals surface area (Å²) in [6.07, 6.45) is 5.61. The van der Waals surface area contributed by atoms with Crippen molar-refractivity contribution in [3.8, 4) is 0 Å². The van der Waals surface area contributed by atoms with Gasteiger partial charge in [-0.2, -0.15) is 5.10 Å². The van der Waals surface area contributed by atoms with Crippen LogP contribution in [0.1, 0.15) is 42.2 Å². The number of fused-ring (bicyclic) bond motifs is 1. The molecule has 1 aliphatic heterocycles. The van der Waals surface area contributed by atoms with Crippen molar-refractivity contribution in [1.29, 1.82) is 0 Å². The lowest BCUT2D eigenvalue weighted by atomic mass is 10.1. The lowest BCUT2D eigenvalue weighted by Crippen LogP contribution is -2.42. The fourth-order valence-electron chi connectivity index (χ4n) is 3.77. The molecule has 0 bridgehead atoms. The van der Waals surface area contributed by atoms with Gasteiger partial charge in [-0.15, -0.1) is 0 Å². The van der Waals surface area contributed by atoms with E-state index in [1.165, 1.54) is 24.8 Å². The maximum atomic E-state index is 12.5. The Kier molecular flexibility index (Phi) is 4.95. The highest BCUT2D eigenvalue weighted by molar-refractivity contribution is 5.20. The summed E-state index contributed by atoms with van der Waals surface area (Å²) in [6.45, 7) is 2.84. The van der Waals surface area contributed by atoms with Crippen LogP contribution in [0.2, 0.25) is 0 Å². The van der Waals surface area contributed by atoms with E-state index >= 15 is 0 Å². The second-order valence-corrected chi connectivity index (χ2v) is 7.00. The number of rotatable bonds is 3. The van der Waals surface area contributed by atoms with E-state index in [1.54, 1.807) is 4.68 Å². The lowest BCUT2D eigenvalue weighted by molar-refractivity contribution is -0.0422. The van der Waals surface area contributed by atoms with Gasteiger partial charge in [0.25, 0.3) is 5.56 Å². The summed E-state index contributed by atoms with van der Waals surface area (Å²) in [7, 11) is 0. The van der Waals surface area contributed by atoms with Crippen molar-refractivity contribution in [2.24, 2.45) is 0 Å². The molecular weight excluding hydrogens is 314 g/mol. The molecule has 2 heterocycles. The molecule has 0 N–H and O–H groups in total. The van der Waals surface area contributed by atoms with Crippen LogP contribution in [0.3, 0.4) is 0 Å². The standard InChI is InChI=1S/C20H25N3O2/c24-20-13-17-9-5-2-6-10-18(17)21-23(20)15-22-11-12-25-19(14-22)16-7-3-1-4-8-16/h1,3-4,7-8,13,19H,2,5-6,9-12,14-15H2/t19-/m0/s1. The first-order valence-electron chi connectivity index (χ1n) is 9.28. The van der Waals surface area contributed by atoms with E-state index in [4.69, 9.17) is 4.74 Å². The van der Waals surface area contributed by atoms with Crippen molar-refractivity contribution < 1.29 is 4.74 Å². The largest absolute Gasteiger partial charge is 0.371 e. The van der Waals surface area contributed by atoms with E-state index in [0.29, 0.717) is 13.3 Å². The number of nitrogens with zero attached hydrogens (tertiary/aromatic N) is 3. The molecule has 1 aromatic heterocycles. The van der Waals surface area contributed by atoms with Crippen molar-refractivity contribution >= 4 is 0 Å². The molecular formula is C20H25N3O2. The molecule has 4 rings (SSSR count). The van der Waals surface area contributed by atoms with Gasteiger partial charge in [0.05, 0.1) is 25.1 Å². The Labute approximate surface area is 148 Å². The zero-order chi connectivity index (χ0) is 17.1. The molecule has 0 saturated carbocycles. The molecule has 25 heavy (non-hydrogen) atoms. The summed E-state index contributed by atoms with van der Waals surface area (Å²) in [6, 6.07) is 12.1. The highest BCUT2D eigenvalue weighted by Gasteiger charge is 2.23. The number of benzene rings is 1. The van der Waals surface area contributed by atoms with Crippen molar-refractivity contribution in [2.45, 2.75) is 44.9 Å². The van der Waals surface area contributed by atoms with Crippen LogP contribution in [-0.4, -0.2) is 34.4 Å². The quantitative estimate of drug-likeness (QED) is 0.807. The van der Waals surface area contributed by atoms with Crippen LogP contribution in [-0.2, 0) is 24.2 Å².